The summed E-state index contributed by atoms with van der Waals surface area (Å²) in [6, 6.07) is 10.7. The monoisotopic (exact) mass is 424 g/mol. The van der Waals surface area contributed by atoms with Gasteiger partial charge in [0.1, 0.15) is 5.60 Å². The molecule has 4 nitrogen and oxygen atoms in total. The molecule has 0 spiro atoms. The van der Waals surface area contributed by atoms with Gasteiger partial charge in [0.25, 0.3) is 0 Å². The van der Waals surface area contributed by atoms with Gasteiger partial charge in [0.15, 0.2) is 0 Å². The molecule has 1 aromatic rings. The van der Waals surface area contributed by atoms with Crippen molar-refractivity contribution < 1.29 is 9.53 Å². The molecule has 2 saturated heterocycles. The Labute approximate surface area is 188 Å². The van der Waals surface area contributed by atoms with Crippen LogP contribution in [-0.2, 0) is 4.74 Å². The summed E-state index contributed by atoms with van der Waals surface area (Å²) in [5.74, 6) is 2.48. The van der Waals surface area contributed by atoms with E-state index in [4.69, 9.17) is 4.74 Å². The van der Waals surface area contributed by atoms with Crippen molar-refractivity contribution in [2.45, 2.75) is 95.7 Å². The van der Waals surface area contributed by atoms with Crippen LogP contribution in [0, 0.1) is 11.8 Å². The average Bonchev–Trinajstić information content (AvgIpc) is 3.44. The topological polar surface area (TPSA) is 32.8 Å². The van der Waals surface area contributed by atoms with E-state index in [1.807, 2.05) is 25.7 Å². The first-order chi connectivity index (χ1) is 14.9. The SMILES string of the molecule is CC(C)(C)OC(=O)N1CCC(C2CC(N3CCC[C@H]3c3ccccc3C3CC3)C2)CC1. The lowest BCUT2D eigenvalue weighted by molar-refractivity contribution is -0.00105. The molecule has 4 heteroatoms. The Hall–Kier alpha value is -1.55. The normalized spacial score (nSPS) is 30.3. The third-order valence-corrected chi connectivity index (χ3v) is 8.14. The number of hydrogen-bond acceptors (Lipinski definition) is 3. The smallest absolute Gasteiger partial charge is 0.410 e. The van der Waals surface area contributed by atoms with E-state index in [0.29, 0.717) is 6.04 Å². The van der Waals surface area contributed by atoms with Crippen molar-refractivity contribution in [1.82, 2.24) is 9.80 Å². The summed E-state index contributed by atoms with van der Waals surface area (Å²) in [4.78, 5) is 17.1. The molecule has 1 amide bonds. The van der Waals surface area contributed by atoms with Gasteiger partial charge in [-0.3, -0.25) is 4.90 Å². The van der Waals surface area contributed by atoms with E-state index in [-0.39, 0.29) is 6.09 Å². The molecule has 2 saturated carbocycles. The van der Waals surface area contributed by atoms with Crippen LogP contribution in [0.2, 0.25) is 0 Å². The number of ether oxygens (including phenoxy) is 1. The maximum Gasteiger partial charge on any atom is 0.410 e. The minimum atomic E-state index is -0.403. The van der Waals surface area contributed by atoms with E-state index >= 15 is 0 Å². The third kappa shape index (κ3) is 4.65. The van der Waals surface area contributed by atoms with Gasteiger partial charge in [0, 0.05) is 25.2 Å². The van der Waals surface area contributed by atoms with Gasteiger partial charge in [-0.2, -0.15) is 0 Å². The van der Waals surface area contributed by atoms with Crippen molar-refractivity contribution in [2.75, 3.05) is 19.6 Å². The van der Waals surface area contributed by atoms with Crippen LogP contribution >= 0.6 is 0 Å². The molecular weight excluding hydrogens is 384 g/mol. The van der Waals surface area contributed by atoms with Crippen molar-refractivity contribution in [3.63, 3.8) is 0 Å². The fraction of sp³-hybridized carbons (Fsp3) is 0.741. The van der Waals surface area contributed by atoms with Crippen molar-refractivity contribution in [3.05, 3.63) is 35.4 Å². The molecule has 2 heterocycles. The minimum absolute atomic E-state index is 0.133. The molecule has 0 aromatic heterocycles. The first kappa shape index (κ1) is 21.3. The number of piperidine rings is 1. The average molecular weight is 425 g/mol. The zero-order valence-corrected chi connectivity index (χ0v) is 19.7. The summed E-state index contributed by atoms with van der Waals surface area (Å²) in [6.45, 7) is 8.84. The predicted octanol–water partition coefficient (Wildman–Crippen LogP) is 6.13. The number of amides is 1. The Morgan fingerprint density at radius 3 is 2.23 bits per heavy atom. The van der Waals surface area contributed by atoms with Crippen LogP contribution in [0.1, 0.15) is 95.2 Å². The van der Waals surface area contributed by atoms with Gasteiger partial charge in [-0.25, -0.2) is 4.79 Å². The van der Waals surface area contributed by atoms with E-state index in [1.54, 1.807) is 11.1 Å². The molecule has 4 aliphatic rings. The number of carbonyl (C=O) groups is 1. The fourth-order valence-electron chi connectivity index (χ4n) is 6.31. The highest BCUT2D eigenvalue weighted by Gasteiger charge is 2.44. The van der Waals surface area contributed by atoms with E-state index < -0.39 is 5.60 Å². The maximum absolute atomic E-state index is 12.3. The number of hydrogen-bond donors (Lipinski definition) is 0. The number of benzene rings is 1. The molecule has 2 aliphatic carbocycles. The van der Waals surface area contributed by atoms with Gasteiger partial charge >= 0.3 is 6.09 Å². The Kier molecular flexibility index (Phi) is 5.79. The molecule has 170 valence electrons. The largest absolute Gasteiger partial charge is 0.444 e. The third-order valence-electron chi connectivity index (χ3n) is 8.14. The lowest BCUT2D eigenvalue weighted by atomic mass is 9.68. The molecular formula is C27H40N2O2. The van der Waals surface area contributed by atoms with Crippen LogP contribution in [0.25, 0.3) is 0 Å². The van der Waals surface area contributed by atoms with Gasteiger partial charge in [-0.1, -0.05) is 24.3 Å². The van der Waals surface area contributed by atoms with Crippen LogP contribution in [-0.4, -0.2) is 47.2 Å². The summed E-state index contributed by atoms with van der Waals surface area (Å²) in [6.07, 6.45) is 10.3. The van der Waals surface area contributed by atoms with Crippen molar-refractivity contribution in [1.29, 1.82) is 0 Å². The van der Waals surface area contributed by atoms with Crippen LogP contribution in [0.4, 0.5) is 4.79 Å². The van der Waals surface area contributed by atoms with Gasteiger partial charge in [0.2, 0.25) is 0 Å². The highest BCUT2D eigenvalue weighted by molar-refractivity contribution is 5.68. The van der Waals surface area contributed by atoms with Gasteiger partial charge in [-0.05, 0) is 108 Å². The number of nitrogens with zero attached hydrogens (tertiary/aromatic N) is 2. The first-order valence-corrected chi connectivity index (χ1v) is 12.7. The summed E-state index contributed by atoms with van der Waals surface area (Å²) >= 11 is 0. The van der Waals surface area contributed by atoms with Gasteiger partial charge < -0.3 is 9.64 Å². The minimum Gasteiger partial charge on any atom is -0.444 e. The highest BCUT2D eigenvalue weighted by Crippen LogP contribution is 2.49. The molecule has 1 aromatic carbocycles. The van der Waals surface area contributed by atoms with Crippen LogP contribution in [0.15, 0.2) is 24.3 Å². The molecule has 5 rings (SSSR count). The van der Waals surface area contributed by atoms with Gasteiger partial charge in [-0.15, -0.1) is 0 Å². The molecule has 0 N–H and O–H groups in total. The van der Waals surface area contributed by atoms with Crippen molar-refractivity contribution >= 4 is 6.09 Å². The Balaban J connectivity index is 1.13. The summed E-state index contributed by atoms with van der Waals surface area (Å²) < 4.78 is 5.56. The van der Waals surface area contributed by atoms with Crippen LogP contribution < -0.4 is 0 Å². The Morgan fingerprint density at radius 1 is 0.903 bits per heavy atom. The van der Waals surface area contributed by atoms with E-state index in [2.05, 4.69) is 29.2 Å². The molecule has 0 unspecified atom stereocenters. The number of likely N-dealkylation sites (tertiary alicyclic amines) is 2. The molecule has 4 fully saturated rings. The highest BCUT2D eigenvalue weighted by atomic mass is 16.6. The number of rotatable bonds is 4. The molecule has 31 heavy (non-hydrogen) atoms. The zero-order valence-electron chi connectivity index (χ0n) is 19.7. The maximum atomic E-state index is 12.3. The predicted molar refractivity (Wildman–Crippen MR) is 124 cm³/mol. The first-order valence-electron chi connectivity index (χ1n) is 12.7. The Morgan fingerprint density at radius 2 is 1.58 bits per heavy atom. The van der Waals surface area contributed by atoms with Crippen LogP contribution in [0.5, 0.6) is 0 Å². The quantitative estimate of drug-likeness (QED) is 0.583. The second-order valence-electron chi connectivity index (χ2n) is 11.5. The summed E-state index contributed by atoms with van der Waals surface area (Å²) in [5.41, 5.74) is 2.88. The fourth-order valence-corrected chi connectivity index (χ4v) is 6.31. The van der Waals surface area contributed by atoms with E-state index in [0.717, 1.165) is 49.7 Å². The lowest BCUT2D eigenvalue weighted by Gasteiger charge is -2.48. The van der Waals surface area contributed by atoms with Gasteiger partial charge in [0.05, 0.1) is 0 Å². The van der Waals surface area contributed by atoms with E-state index in [1.165, 1.54) is 45.1 Å². The molecule has 2 aliphatic heterocycles. The second kappa shape index (κ2) is 8.42. The molecule has 0 radical (unpaired) electrons. The Bertz CT molecular complexity index is 783. The summed E-state index contributed by atoms with van der Waals surface area (Å²) in [7, 11) is 0. The zero-order chi connectivity index (χ0) is 21.6. The van der Waals surface area contributed by atoms with Crippen molar-refractivity contribution in [2.24, 2.45) is 11.8 Å². The lowest BCUT2D eigenvalue weighted by Crippen LogP contribution is -2.49. The number of carbonyl (C=O) groups excluding carboxylic acids is 1. The van der Waals surface area contributed by atoms with E-state index in [9.17, 15) is 4.79 Å². The molecule has 0 bridgehead atoms. The van der Waals surface area contributed by atoms with Crippen molar-refractivity contribution in [3.8, 4) is 0 Å². The summed E-state index contributed by atoms with van der Waals surface area (Å²) in [5, 5.41) is 0. The molecule has 1 atom stereocenters. The second-order valence-corrected chi connectivity index (χ2v) is 11.5. The standard InChI is InChI=1S/C27H40N2O2/c1-27(2,3)31-26(30)28-15-12-19(13-16-28)21-17-22(18-21)29-14-6-9-25(29)24-8-5-4-7-23(24)20-10-11-20/h4-5,7-8,19-22,25H,6,9-18H2,1-3H3/t21?,22?,25-/m0/s1. The van der Waals surface area contributed by atoms with Crippen LogP contribution in [0.3, 0.4) is 0 Å².